The lowest BCUT2D eigenvalue weighted by Gasteiger charge is -2.15. The molecule has 1 N–H and O–H groups in total. The minimum Gasteiger partial charge on any atom is -0.496 e. The zero-order valence-electron chi connectivity index (χ0n) is 11.9. The van der Waals surface area contributed by atoms with Crippen LogP contribution < -0.4 is 10.1 Å². The van der Waals surface area contributed by atoms with E-state index in [9.17, 15) is 4.79 Å². The van der Waals surface area contributed by atoms with Crippen molar-refractivity contribution in [2.45, 2.75) is 32.2 Å². The fourth-order valence-corrected chi connectivity index (χ4v) is 1.96. The van der Waals surface area contributed by atoms with Crippen LogP contribution in [0.2, 0.25) is 0 Å². The van der Waals surface area contributed by atoms with E-state index in [1.165, 1.54) is 12.7 Å². The highest BCUT2D eigenvalue weighted by Gasteiger charge is 2.07. The molecule has 4 heteroatoms. The van der Waals surface area contributed by atoms with Gasteiger partial charge in [0.2, 0.25) is 0 Å². The molecule has 0 spiro atoms. The summed E-state index contributed by atoms with van der Waals surface area (Å²) < 4.78 is 9.93. The molecule has 1 rings (SSSR count). The van der Waals surface area contributed by atoms with Crippen molar-refractivity contribution in [3.8, 4) is 5.75 Å². The summed E-state index contributed by atoms with van der Waals surface area (Å²) in [5.41, 5.74) is 1.19. The lowest BCUT2D eigenvalue weighted by molar-refractivity contribution is -0.140. The molecule has 0 saturated heterocycles. The summed E-state index contributed by atoms with van der Waals surface area (Å²) >= 11 is 0. The lowest BCUT2D eigenvalue weighted by atomic mass is 10.1. The first-order chi connectivity index (χ1) is 9.17. The number of carbonyl (C=O) groups is 1. The van der Waals surface area contributed by atoms with Gasteiger partial charge in [0.25, 0.3) is 0 Å². The smallest absolute Gasteiger partial charge is 0.305 e. The zero-order valence-corrected chi connectivity index (χ0v) is 11.9. The normalized spacial score (nSPS) is 11.9. The van der Waals surface area contributed by atoms with Crippen LogP contribution in [0, 0.1) is 0 Å². The molecule has 0 amide bonds. The molecule has 19 heavy (non-hydrogen) atoms. The average Bonchev–Trinajstić information content (AvgIpc) is 2.43. The lowest BCUT2D eigenvalue weighted by Crippen LogP contribution is -2.29. The molecule has 1 aromatic carbocycles. The first-order valence-corrected chi connectivity index (χ1v) is 6.59. The van der Waals surface area contributed by atoms with E-state index in [4.69, 9.17) is 4.74 Å². The predicted octanol–water partition coefficient (Wildman–Crippen LogP) is 2.17. The first kappa shape index (κ1) is 15.5. The maximum absolute atomic E-state index is 11.0. The number of hydrogen-bond acceptors (Lipinski definition) is 4. The maximum atomic E-state index is 11.0. The standard InChI is InChI=1S/C15H23NO3/c1-12(16-10-6-9-15(17)19-3)11-13-7-4-5-8-14(13)18-2/h4-5,7-8,12,16H,6,9-11H2,1-3H3. The summed E-state index contributed by atoms with van der Waals surface area (Å²) in [6.45, 7) is 2.94. The maximum Gasteiger partial charge on any atom is 0.305 e. The summed E-state index contributed by atoms with van der Waals surface area (Å²) in [6.07, 6.45) is 2.16. The Morgan fingerprint density at radius 2 is 2.05 bits per heavy atom. The van der Waals surface area contributed by atoms with Crippen molar-refractivity contribution in [1.82, 2.24) is 5.32 Å². The Balaban J connectivity index is 2.30. The monoisotopic (exact) mass is 265 g/mol. The second-order valence-electron chi connectivity index (χ2n) is 4.55. The minimum atomic E-state index is -0.154. The molecule has 1 aromatic rings. The number of esters is 1. The summed E-state index contributed by atoms with van der Waals surface area (Å²) in [6, 6.07) is 8.37. The molecule has 1 atom stereocenters. The zero-order chi connectivity index (χ0) is 14.1. The van der Waals surface area contributed by atoms with Gasteiger partial charge in [-0.15, -0.1) is 0 Å². The van der Waals surface area contributed by atoms with E-state index in [0.29, 0.717) is 12.5 Å². The Morgan fingerprint density at radius 1 is 1.32 bits per heavy atom. The summed E-state index contributed by atoms with van der Waals surface area (Å²) in [4.78, 5) is 11.0. The Kier molecular flexibility index (Phi) is 6.97. The van der Waals surface area contributed by atoms with Crippen LogP contribution in [-0.4, -0.2) is 32.8 Å². The van der Waals surface area contributed by atoms with Gasteiger partial charge in [0.1, 0.15) is 5.75 Å². The molecular weight excluding hydrogens is 242 g/mol. The van der Waals surface area contributed by atoms with Gasteiger partial charge < -0.3 is 14.8 Å². The number of carbonyl (C=O) groups excluding carboxylic acids is 1. The van der Waals surface area contributed by atoms with Crippen molar-refractivity contribution in [3.63, 3.8) is 0 Å². The first-order valence-electron chi connectivity index (χ1n) is 6.59. The Hall–Kier alpha value is -1.55. The number of benzene rings is 1. The number of hydrogen-bond donors (Lipinski definition) is 1. The van der Waals surface area contributed by atoms with Crippen molar-refractivity contribution >= 4 is 5.97 Å². The molecule has 0 bridgehead atoms. The molecule has 0 saturated carbocycles. The fourth-order valence-electron chi connectivity index (χ4n) is 1.96. The highest BCUT2D eigenvalue weighted by atomic mass is 16.5. The van der Waals surface area contributed by atoms with Gasteiger partial charge in [-0.2, -0.15) is 0 Å². The van der Waals surface area contributed by atoms with Gasteiger partial charge in [0, 0.05) is 12.5 Å². The molecule has 0 fully saturated rings. The number of para-hydroxylation sites is 1. The van der Waals surface area contributed by atoms with E-state index in [-0.39, 0.29) is 5.97 Å². The predicted molar refractivity (Wildman–Crippen MR) is 75.4 cm³/mol. The van der Waals surface area contributed by atoms with Gasteiger partial charge in [-0.25, -0.2) is 0 Å². The molecule has 106 valence electrons. The van der Waals surface area contributed by atoms with E-state index in [0.717, 1.165) is 25.1 Å². The minimum absolute atomic E-state index is 0.154. The quantitative estimate of drug-likeness (QED) is 0.578. The van der Waals surface area contributed by atoms with Gasteiger partial charge in [0.05, 0.1) is 14.2 Å². The molecule has 0 aliphatic heterocycles. The number of ether oxygens (including phenoxy) is 2. The molecular formula is C15H23NO3. The van der Waals surface area contributed by atoms with Crippen LogP contribution in [0.25, 0.3) is 0 Å². The van der Waals surface area contributed by atoms with E-state index in [1.807, 2.05) is 18.2 Å². The van der Waals surface area contributed by atoms with Crippen LogP contribution >= 0.6 is 0 Å². The summed E-state index contributed by atoms with van der Waals surface area (Å²) in [5.74, 6) is 0.768. The Bertz CT molecular complexity index is 393. The molecule has 0 aliphatic rings. The van der Waals surface area contributed by atoms with Crippen LogP contribution in [-0.2, 0) is 16.0 Å². The van der Waals surface area contributed by atoms with Gasteiger partial charge in [-0.1, -0.05) is 18.2 Å². The van der Waals surface area contributed by atoms with Crippen molar-refractivity contribution in [3.05, 3.63) is 29.8 Å². The van der Waals surface area contributed by atoms with Crippen LogP contribution in [0.15, 0.2) is 24.3 Å². The summed E-state index contributed by atoms with van der Waals surface area (Å²) in [5, 5.41) is 3.40. The van der Waals surface area contributed by atoms with Gasteiger partial charge in [0.15, 0.2) is 0 Å². The largest absolute Gasteiger partial charge is 0.496 e. The third-order valence-electron chi connectivity index (χ3n) is 3.00. The highest BCUT2D eigenvalue weighted by molar-refractivity contribution is 5.69. The third-order valence-corrected chi connectivity index (χ3v) is 3.00. The second-order valence-corrected chi connectivity index (χ2v) is 4.55. The average molecular weight is 265 g/mol. The molecule has 0 heterocycles. The molecule has 0 aliphatic carbocycles. The van der Waals surface area contributed by atoms with Crippen molar-refractivity contribution in [1.29, 1.82) is 0 Å². The Labute approximate surface area is 115 Å². The number of rotatable bonds is 8. The van der Waals surface area contributed by atoms with Crippen LogP contribution in [0.4, 0.5) is 0 Å². The molecule has 1 unspecified atom stereocenters. The van der Waals surface area contributed by atoms with E-state index >= 15 is 0 Å². The SMILES string of the molecule is COC(=O)CCCNC(C)Cc1ccccc1OC. The van der Waals surface area contributed by atoms with Gasteiger partial charge in [-0.3, -0.25) is 4.79 Å². The Morgan fingerprint density at radius 3 is 2.74 bits per heavy atom. The topological polar surface area (TPSA) is 47.6 Å². The molecule has 0 radical (unpaired) electrons. The third kappa shape index (κ3) is 5.75. The molecule has 4 nitrogen and oxygen atoms in total. The van der Waals surface area contributed by atoms with Crippen molar-refractivity contribution < 1.29 is 14.3 Å². The van der Waals surface area contributed by atoms with Crippen molar-refractivity contribution in [2.24, 2.45) is 0 Å². The van der Waals surface area contributed by atoms with E-state index in [1.54, 1.807) is 7.11 Å². The molecule has 0 aromatic heterocycles. The number of nitrogens with one attached hydrogen (secondary N) is 1. The van der Waals surface area contributed by atoms with E-state index < -0.39 is 0 Å². The fraction of sp³-hybridized carbons (Fsp3) is 0.533. The van der Waals surface area contributed by atoms with Gasteiger partial charge in [-0.05, 0) is 37.9 Å². The van der Waals surface area contributed by atoms with Crippen LogP contribution in [0.5, 0.6) is 5.75 Å². The van der Waals surface area contributed by atoms with Crippen molar-refractivity contribution in [2.75, 3.05) is 20.8 Å². The van der Waals surface area contributed by atoms with Gasteiger partial charge >= 0.3 is 5.97 Å². The van der Waals surface area contributed by atoms with E-state index in [2.05, 4.69) is 23.0 Å². The number of methoxy groups -OCH3 is 2. The summed E-state index contributed by atoms with van der Waals surface area (Å²) in [7, 11) is 3.10. The van der Waals surface area contributed by atoms with Crippen LogP contribution in [0.1, 0.15) is 25.3 Å². The second kappa shape index (κ2) is 8.53. The highest BCUT2D eigenvalue weighted by Crippen LogP contribution is 2.18. The van der Waals surface area contributed by atoms with Crippen LogP contribution in [0.3, 0.4) is 0 Å².